The lowest BCUT2D eigenvalue weighted by Crippen LogP contribution is -2.42. The van der Waals surface area contributed by atoms with Crippen molar-refractivity contribution in [2.24, 2.45) is 0 Å². The Kier molecular flexibility index (Phi) is 5.48. The lowest BCUT2D eigenvalue weighted by molar-refractivity contribution is 0.0785. The van der Waals surface area contributed by atoms with Crippen LogP contribution in [0.1, 0.15) is 35.0 Å². The molecule has 1 aliphatic heterocycles. The van der Waals surface area contributed by atoms with Gasteiger partial charge >= 0.3 is 6.03 Å². The number of ether oxygens (including phenoxy) is 1. The van der Waals surface area contributed by atoms with Crippen LogP contribution in [0.4, 0.5) is 4.79 Å². The van der Waals surface area contributed by atoms with Gasteiger partial charge in [-0.2, -0.15) is 0 Å². The quantitative estimate of drug-likeness (QED) is 0.902. The fourth-order valence-electron chi connectivity index (χ4n) is 2.93. The summed E-state index contributed by atoms with van der Waals surface area (Å²) < 4.78 is 5.83. The highest BCUT2D eigenvalue weighted by atomic mass is 32.1. The van der Waals surface area contributed by atoms with Crippen LogP contribution in [-0.2, 0) is 11.3 Å². The Balaban J connectivity index is 1.69. The maximum Gasteiger partial charge on any atom is 0.318 e. The number of nitrogens with one attached hydrogen (secondary N) is 1. The van der Waals surface area contributed by atoms with Gasteiger partial charge in [0.15, 0.2) is 0 Å². The molecule has 0 saturated carbocycles. The molecule has 0 radical (unpaired) electrons. The van der Waals surface area contributed by atoms with E-state index < -0.39 is 0 Å². The minimum absolute atomic E-state index is 0.0369. The maximum absolute atomic E-state index is 12.7. The lowest BCUT2D eigenvalue weighted by atomic mass is 9.99. The van der Waals surface area contributed by atoms with E-state index in [1.165, 1.54) is 0 Å². The molecular weight excluding hydrogens is 322 g/mol. The van der Waals surface area contributed by atoms with Gasteiger partial charge in [-0.3, -0.25) is 0 Å². The molecule has 6 heteroatoms. The van der Waals surface area contributed by atoms with Crippen LogP contribution < -0.4 is 5.32 Å². The number of nitrogens with zero attached hydrogens (tertiary/aromatic N) is 2. The second-order valence-corrected chi connectivity index (χ2v) is 7.05. The van der Waals surface area contributed by atoms with Crippen LogP contribution in [0, 0.1) is 6.92 Å². The molecule has 5 nitrogen and oxygen atoms in total. The first kappa shape index (κ1) is 16.9. The van der Waals surface area contributed by atoms with Crippen LogP contribution in [0.15, 0.2) is 35.8 Å². The summed E-state index contributed by atoms with van der Waals surface area (Å²) in [4.78, 5) is 19.7. The van der Waals surface area contributed by atoms with Crippen LogP contribution >= 0.6 is 11.3 Å². The summed E-state index contributed by atoms with van der Waals surface area (Å²) >= 11 is 1.58. The highest BCUT2D eigenvalue weighted by Crippen LogP contribution is 2.27. The molecule has 2 amide bonds. The Labute approximate surface area is 146 Å². The summed E-state index contributed by atoms with van der Waals surface area (Å²) in [6.07, 6.45) is 2.05. The lowest BCUT2D eigenvalue weighted by Gasteiger charge is -2.27. The standard InChI is InChI=1S/C18H23N3O2S/c1-13-16(24-12-19-13)11-21(2)18(22)20-17(15-9-6-10-23-15)14-7-4-3-5-8-14/h3-5,7-8,12,15,17H,6,9-11H2,1-2H3,(H,20,22)/t15-,17-/m0/s1. The van der Waals surface area contributed by atoms with E-state index in [2.05, 4.69) is 10.3 Å². The highest BCUT2D eigenvalue weighted by molar-refractivity contribution is 7.09. The smallest absolute Gasteiger partial charge is 0.318 e. The van der Waals surface area contributed by atoms with Crippen molar-refractivity contribution in [1.29, 1.82) is 0 Å². The number of benzene rings is 1. The van der Waals surface area contributed by atoms with Gasteiger partial charge in [0.25, 0.3) is 0 Å². The molecule has 0 bridgehead atoms. The van der Waals surface area contributed by atoms with Gasteiger partial charge in [0, 0.05) is 18.5 Å². The minimum Gasteiger partial charge on any atom is -0.376 e. The number of aromatic nitrogens is 1. The zero-order chi connectivity index (χ0) is 16.9. The normalized spacial score (nSPS) is 18.3. The molecule has 2 aromatic rings. The van der Waals surface area contributed by atoms with Crippen LogP contribution in [0.25, 0.3) is 0 Å². The molecule has 0 aliphatic carbocycles. The SMILES string of the molecule is Cc1ncsc1CN(C)C(=O)N[C@@H](c1ccccc1)[C@@H]1CCCO1. The molecule has 128 valence electrons. The molecule has 1 N–H and O–H groups in total. The number of hydrogen-bond acceptors (Lipinski definition) is 4. The summed E-state index contributed by atoms with van der Waals surface area (Å²) in [6.45, 7) is 3.30. The van der Waals surface area contributed by atoms with Crippen LogP contribution in [0.5, 0.6) is 0 Å². The van der Waals surface area contributed by atoms with Gasteiger partial charge in [-0.25, -0.2) is 9.78 Å². The van der Waals surface area contributed by atoms with Crippen molar-refractivity contribution in [3.63, 3.8) is 0 Å². The van der Waals surface area contributed by atoms with E-state index in [0.29, 0.717) is 6.54 Å². The molecule has 2 heterocycles. The van der Waals surface area contributed by atoms with Crippen LogP contribution in [-0.4, -0.2) is 35.7 Å². The van der Waals surface area contributed by atoms with Crippen molar-refractivity contribution in [3.8, 4) is 0 Å². The Hall–Kier alpha value is -1.92. The van der Waals surface area contributed by atoms with Crippen molar-refractivity contribution in [2.75, 3.05) is 13.7 Å². The third kappa shape index (κ3) is 3.94. The zero-order valence-electron chi connectivity index (χ0n) is 14.1. The second kappa shape index (κ2) is 7.77. The van der Waals surface area contributed by atoms with E-state index in [9.17, 15) is 4.79 Å². The number of hydrogen-bond donors (Lipinski definition) is 1. The van der Waals surface area contributed by atoms with E-state index in [-0.39, 0.29) is 18.2 Å². The number of aryl methyl sites for hydroxylation is 1. The van der Waals surface area contributed by atoms with Crippen molar-refractivity contribution in [1.82, 2.24) is 15.2 Å². The number of rotatable bonds is 5. The molecule has 24 heavy (non-hydrogen) atoms. The Morgan fingerprint density at radius 1 is 1.46 bits per heavy atom. The highest BCUT2D eigenvalue weighted by Gasteiger charge is 2.29. The first-order valence-electron chi connectivity index (χ1n) is 8.22. The Morgan fingerprint density at radius 3 is 2.88 bits per heavy atom. The van der Waals surface area contributed by atoms with Crippen molar-refractivity contribution < 1.29 is 9.53 Å². The largest absolute Gasteiger partial charge is 0.376 e. The summed E-state index contributed by atoms with van der Waals surface area (Å²) in [7, 11) is 1.81. The molecule has 1 saturated heterocycles. The second-order valence-electron chi connectivity index (χ2n) is 6.11. The van der Waals surface area contributed by atoms with E-state index >= 15 is 0 Å². The minimum atomic E-state index is -0.119. The van der Waals surface area contributed by atoms with Gasteiger partial charge in [0.05, 0.1) is 29.9 Å². The summed E-state index contributed by atoms with van der Waals surface area (Å²) in [5.41, 5.74) is 3.88. The molecule has 1 aromatic heterocycles. The van der Waals surface area contributed by atoms with Crippen molar-refractivity contribution in [3.05, 3.63) is 52.0 Å². The predicted molar refractivity (Wildman–Crippen MR) is 95.0 cm³/mol. The zero-order valence-corrected chi connectivity index (χ0v) is 14.9. The van der Waals surface area contributed by atoms with Crippen LogP contribution in [0.2, 0.25) is 0 Å². The summed E-state index contributed by atoms with van der Waals surface area (Å²) in [5, 5.41) is 3.15. The molecule has 0 spiro atoms. The van der Waals surface area contributed by atoms with Gasteiger partial charge in [0.1, 0.15) is 0 Å². The van der Waals surface area contributed by atoms with Gasteiger partial charge in [0.2, 0.25) is 0 Å². The number of carbonyl (C=O) groups excluding carboxylic acids is 1. The maximum atomic E-state index is 12.7. The number of urea groups is 1. The van der Waals surface area contributed by atoms with E-state index in [1.807, 2.05) is 49.8 Å². The summed E-state index contributed by atoms with van der Waals surface area (Å²) in [6, 6.07) is 9.84. The van der Waals surface area contributed by atoms with Gasteiger partial charge in [-0.15, -0.1) is 11.3 Å². The van der Waals surface area contributed by atoms with E-state index in [0.717, 1.165) is 35.6 Å². The first-order chi connectivity index (χ1) is 11.6. The fourth-order valence-corrected chi connectivity index (χ4v) is 3.75. The third-order valence-electron chi connectivity index (χ3n) is 4.35. The molecule has 2 atom stereocenters. The molecule has 1 aliphatic rings. The molecule has 1 aromatic carbocycles. The topological polar surface area (TPSA) is 54.5 Å². The Morgan fingerprint density at radius 2 is 2.25 bits per heavy atom. The number of thiazole rings is 1. The predicted octanol–water partition coefficient (Wildman–Crippen LogP) is 3.51. The van der Waals surface area contributed by atoms with Gasteiger partial charge in [-0.1, -0.05) is 30.3 Å². The molecule has 3 rings (SSSR count). The number of carbonyl (C=O) groups is 1. The average Bonchev–Trinajstić information content (AvgIpc) is 3.26. The summed E-state index contributed by atoms with van der Waals surface area (Å²) in [5.74, 6) is 0. The van der Waals surface area contributed by atoms with Crippen LogP contribution in [0.3, 0.4) is 0 Å². The molecule has 1 fully saturated rings. The molecular formula is C18H23N3O2S. The fraction of sp³-hybridized carbons (Fsp3) is 0.444. The van der Waals surface area contributed by atoms with E-state index in [1.54, 1.807) is 16.2 Å². The van der Waals surface area contributed by atoms with Gasteiger partial charge < -0.3 is 15.0 Å². The van der Waals surface area contributed by atoms with Crippen molar-refractivity contribution >= 4 is 17.4 Å². The first-order valence-corrected chi connectivity index (χ1v) is 9.10. The van der Waals surface area contributed by atoms with E-state index in [4.69, 9.17) is 4.74 Å². The monoisotopic (exact) mass is 345 g/mol. The molecule has 0 unspecified atom stereocenters. The number of amides is 2. The van der Waals surface area contributed by atoms with Crippen molar-refractivity contribution in [2.45, 2.75) is 38.5 Å². The third-order valence-corrected chi connectivity index (χ3v) is 5.27. The Bertz CT molecular complexity index is 668. The average molecular weight is 345 g/mol. The van der Waals surface area contributed by atoms with Gasteiger partial charge in [-0.05, 0) is 25.3 Å².